The molecule has 0 aliphatic heterocycles. The molecule has 2 aromatic heterocycles. The fourth-order valence-electron chi connectivity index (χ4n) is 2.19. The van der Waals surface area contributed by atoms with E-state index in [1.54, 1.807) is 6.07 Å². The maximum absolute atomic E-state index is 12.2. The van der Waals surface area contributed by atoms with E-state index in [1.165, 1.54) is 22.3 Å². The normalized spacial score (nSPS) is 18.8. The first-order valence-electron chi connectivity index (χ1n) is 6.21. The lowest BCUT2D eigenvalue weighted by Crippen LogP contribution is -2.11. The van der Waals surface area contributed by atoms with Crippen molar-refractivity contribution < 1.29 is 8.42 Å². The van der Waals surface area contributed by atoms with Gasteiger partial charge in [0, 0.05) is 4.88 Å². The summed E-state index contributed by atoms with van der Waals surface area (Å²) in [6, 6.07) is 3.08. The van der Waals surface area contributed by atoms with Crippen LogP contribution < -0.4 is 4.72 Å². The summed E-state index contributed by atoms with van der Waals surface area (Å²) < 4.78 is 27.6. The van der Waals surface area contributed by atoms with Crippen LogP contribution in [0.15, 0.2) is 16.3 Å². The number of nitrogens with zero attached hydrogens (tertiary/aromatic N) is 1. The third kappa shape index (κ3) is 2.86. The summed E-state index contributed by atoms with van der Waals surface area (Å²) in [4.78, 5) is 5.60. The van der Waals surface area contributed by atoms with Gasteiger partial charge in [0.1, 0.15) is 4.21 Å². The number of thiophene rings is 1. The molecule has 8 heteroatoms. The smallest absolute Gasteiger partial charge is 0.254 e. The number of hydrogen-bond donors (Lipinski definition) is 1. The molecule has 20 heavy (non-hydrogen) atoms. The highest BCUT2D eigenvalue weighted by molar-refractivity contribution is 7.94. The highest BCUT2D eigenvalue weighted by atomic mass is 35.5. The largest absolute Gasteiger partial charge is 0.273 e. The molecule has 1 atom stereocenters. The Labute approximate surface area is 130 Å². The van der Waals surface area contributed by atoms with E-state index in [0.29, 0.717) is 15.4 Å². The number of halogens is 1. The minimum atomic E-state index is -3.57. The molecule has 0 fully saturated rings. The molecular weight excluding hydrogens is 336 g/mol. The van der Waals surface area contributed by atoms with Crippen LogP contribution in [0.25, 0.3) is 0 Å². The lowest BCUT2D eigenvalue weighted by molar-refractivity contribution is 0.502. The molecule has 0 radical (unpaired) electrons. The van der Waals surface area contributed by atoms with Gasteiger partial charge in [0.2, 0.25) is 0 Å². The average molecular weight is 349 g/mol. The number of aromatic nitrogens is 1. The summed E-state index contributed by atoms with van der Waals surface area (Å²) >= 11 is 8.26. The third-order valence-corrected chi connectivity index (χ3v) is 7.45. The Bertz CT molecular complexity index is 736. The monoisotopic (exact) mass is 348 g/mol. The maximum Gasteiger partial charge on any atom is 0.273 e. The third-order valence-electron chi connectivity index (χ3n) is 3.22. The fourth-order valence-corrected chi connectivity index (χ4v) is 6.08. The van der Waals surface area contributed by atoms with E-state index >= 15 is 0 Å². The molecule has 4 nitrogen and oxygen atoms in total. The van der Waals surface area contributed by atoms with E-state index in [9.17, 15) is 8.42 Å². The second kappa shape index (κ2) is 5.29. The Morgan fingerprint density at radius 3 is 2.90 bits per heavy atom. The van der Waals surface area contributed by atoms with Crippen molar-refractivity contribution in [2.75, 3.05) is 4.72 Å². The highest BCUT2D eigenvalue weighted by Gasteiger charge is 2.23. The highest BCUT2D eigenvalue weighted by Crippen LogP contribution is 2.34. The number of hydrogen-bond acceptors (Lipinski definition) is 5. The van der Waals surface area contributed by atoms with Crippen LogP contribution in [0.5, 0.6) is 0 Å². The summed E-state index contributed by atoms with van der Waals surface area (Å²) in [6.07, 6.45) is 3.03. The summed E-state index contributed by atoms with van der Waals surface area (Å²) in [5.74, 6) is 0.642. The number of thiazole rings is 1. The minimum absolute atomic E-state index is 0.212. The van der Waals surface area contributed by atoms with Crippen molar-refractivity contribution in [2.45, 2.75) is 30.4 Å². The Morgan fingerprint density at radius 2 is 2.20 bits per heavy atom. The topological polar surface area (TPSA) is 59.1 Å². The van der Waals surface area contributed by atoms with Crippen LogP contribution in [0.2, 0.25) is 4.34 Å². The summed E-state index contributed by atoms with van der Waals surface area (Å²) in [5.41, 5.74) is 1.04. The number of rotatable bonds is 3. The number of nitrogens with one attached hydrogen (secondary N) is 1. The number of anilines is 1. The van der Waals surface area contributed by atoms with E-state index in [1.807, 2.05) is 0 Å². The molecule has 1 aliphatic carbocycles. The first kappa shape index (κ1) is 14.3. The lowest BCUT2D eigenvalue weighted by atomic mass is 9.93. The van der Waals surface area contributed by atoms with Crippen LogP contribution in [-0.2, 0) is 22.9 Å². The van der Waals surface area contributed by atoms with Crippen molar-refractivity contribution in [3.63, 3.8) is 0 Å². The molecule has 0 saturated carbocycles. The molecule has 2 heterocycles. The number of aryl methyl sites for hydroxylation is 1. The van der Waals surface area contributed by atoms with Crippen LogP contribution >= 0.6 is 34.3 Å². The predicted molar refractivity (Wildman–Crippen MR) is 83.4 cm³/mol. The van der Waals surface area contributed by atoms with E-state index in [0.717, 1.165) is 36.3 Å². The van der Waals surface area contributed by atoms with Gasteiger partial charge < -0.3 is 0 Å². The second-order valence-corrected chi connectivity index (χ2v) is 9.61. The van der Waals surface area contributed by atoms with Crippen molar-refractivity contribution in [3.8, 4) is 0 Å². The fraction of sp³-hybridized carbons (Fsp3) is 0.417. The van der Waals surface area contributed by atoms with Crippen molar-refractivity contribution >= 4 is 49.4 Å². The first-order valence-corrected chi connectivity index (χ1v) is 9.70. The van der Waals surface area contributed by atoms with Gasteiger partial charge in [-0.05, 0) is 37.3 Å². The number of fused-ring (bicyclic) bond motifs is 1. The van der Waals surface area contributed by atoms with E-state index < -0.39 is 10.0 Å². The van der Waals surface area contributed by atoms with Gasteiger partial charge in [-0.25, -0.2) is 13.4 Å². The minimum Gasteiger partial charge on any atom is -0.254 e. The molecule has 1 unspecified atom stereocenters. The zero-order valence-electron chi connectivity index (χ0n) is 10.7. The Balaban J connectivity index is 1.85. The van der Waals surface area contributed by atoms with Crippen molar-refractivity contribution in [2.24, 2.45) is 5.92 Å². The zero-order chi connectivity index (χ0) is 14.3. The second-order valence-electron chi connectivity index (χ2n) is 4.90. The van der Waals surface area contributed by atoms with E-state index in [4.69, 9.17) is 11.6 Å². The number of sulfonamides is 1. The summed E-state index contributed by atoms with van der Waals surface area (Å²) in [5, 5.41) is 0.452. The molecular formula is C12H13ClN2O2S3. The van der Waals surface area contributed by atoms with Gasteiger partial charge in [-0.2, -0.15) is 0 Å². The molecule has 1 N–H and O–H groups in total. The van der Waals surface area contributed by atoms with Crippen LogP contribution in [0, 0.1) is 5.92 Å². The quantitative estimate of drug-likeness (QED) is 0.918. The summed E-state index contributed by atoms with van der Waals surface area (Å²) in [7, 11) is -3.57. The zero-order valence-corrected chi connectivity index (χ0v) is 13.9. The molecule has 1 aliphatic rings. The predicted octanol–water partition coefficient (Wildman–Crippen LogP) is 3.78. The van der Waals surface area contributed by atoms with Gasteiger partial charge in [-0.3, -0.25) is 4.72 Å². The van der Waals surface area contributed by atoms with Crippen molar-refractivity contribution in [1.82, 2.24) is 4.98 Å². The van der Waals surface area contributed by atoms with E-state index in [2.05, 4.69) is 16.6 Å². The molecule has 0 spiro atoms. The van der Waals surface area contributed by atoms with Gasteiger partial charge in [-0.1, -0.05) is 18.5 Å². The van der Waals surface area contributed by atoms with Gasteiger partial charge in [0.05, 0.1) is 10.0 Å². The van der Waals surface area contributed by atoms with E-state index in [-0.39, 0.29) is 4.21 Å². The molecule has 3 rings (SSSR count). The molecule has 0 bridgehead atoms. The van der Waals surface area contributed by atoms with Gasteiger partial charge >= 0.3 is 0 Å². The van der Waals surface area contributed by atoms with Gasteiger partial charge in [0.15, 0.2) is 5.13 Å². The van der Waals surface area contributed by atoms with Crippen molar-refractivity contribution in [3.05, 3.63) is 27.0 Å². The standard InChI is InChI=1S/C12H13ClN2O2S3/c1-7-2-3-8-9(6-7)18-12(14-8)15-20(16,17)11-5-4-10(13)19-11/h4-5,7H,2-3,6H2,1H3,(H,14,15). The molecule has 0 amide bonds. The molecule has 108 valence electrons. The maximum atomic E-state index is 12.2. The Hall–Kier alpha value is -0.630. The SMILES string of the molecule is CC1CCc2nc(NS(=O)(=O)c3ccc(Cl)s3)sc2C1. The van der Waals surface area contributed by atoms with Crippen LogP contribution in [0.4, 0.5) is 5.13 Å². The molecule has 2 aromatic rings. The average Bonchev–Trinajstić information content (AvgIpc) is 2.94. The van der Waals surface area contributed by atoms with Crippen LogP contribution in [0.3, 0.4) is 0 Å². The van der Waals surface area contributed by atoms with Crippen LogP contribution in [-0.4, -0.2) is 13.4 Å². The molecule has 0 saturated heterocycles. The van der Waals surface area contributed by atoms with Crippen molar-refractivity contribution in [1.29, 1.82) is 0 Å². The Kier molecular flexibility index (Phi) is 3.79. The van der Waals surface area contributed by atoms with Gasteiger partial charge in [-0.15, -0.1) is 22.7 Å². The Morgan fingerprint density at radius 1 is 1.40 bits per heavy atom. The van der Waals surface area contributed by atoms with Gasteiger partial charge in [0.25, 0.3) is 10.0 Å². The molecule has 0 aromatic carbocycles. The van der Waals surface area contributed by atoms with Crippen LogP contribution in [0.1, 0.15) is 23.9 Å². The summed E-state index contributed by atoms with van der Waals surface area (Å²) in [6.45, 7) is 2.21. The lowest BCUT2D eigenvalue weighted by Gasteiger charge is -2.15. The first-order chi connectivity index (χ1) is 9.44.